The van der Waals surface area contributed by atoms with E-state index in [1.165, 1.54) is 0 Å². The summed E-state index contributed by atoms with van der Waals surface area (Å²) in [6.45, 7) is 2.24. The Balaban J connectivity index is 1.83. The molecule has 1 aliphatic heterocycles. The van der Waals surface area contributed by atoms with Crippen LogP contribution >= 0.6 is 0 Å². The number of imidazole rings is 1. The fraction of sp³-hybridized carbons (Fsp3) is 0.385. The Morgan fingerprint density at radius 2 is 2.44 bits per heavy atom. The second kappa shape index (κ2) is 4.42. The lowest BCUT2D eigenvalue weighted by molar-refractivity contribution is 0.0788. The molecule has 5 heteroatoms. The Labute approximate surface area is 105 Å². The molecule has 0 bridgehead atoms. The summed E-state index contributed by atoms with van der Waals surface area (Å²) in [7, 11) is 0. The molecule has 0 radical (unpaired) electrons. The van der Waals surface area contributed by atoms with Crippen molar-refractivity contribution < 1.29 is 4.79 Å². The van der Waals surface area contributed by atoms with Crippen LogP contribution in [0.5, 0.6) is 0 Å². The molecule has 2 heterocycles. The van der Waals surface area contributed by atoms with E-state index in [1.807, 2.05) is 23.1 Å². The SMILES string of the molecule is NCC1CCN(C(=O)c2ccc3nc[nH]c3c2)C1. The number of nitrogens with one attached hydrogen (secondary N) is 1. The summed E-state index contributed by atoms with van der Waals surface area (Å²) < 4.78 is 0. The minimum Gasteiger partial charge on any atom is -0.345 e. The average Bonchev–Trinajstić information content (AvgIpc) is 3.05. The summed E-state index contributed by atoms with van der Waals surface area (Å²) in [5.41, 5.74) is 8.14. The van der Waals surface area contributed by atoms with E-state index in [2.05, 4.69) is 9.97 Å². The van der Waals surface area contributed by atoms with E-state index >= 15 is 0 Å². The van der Waals surface area contributed by atoms with E-state index in [4.69, 9.17) is 5.73 Å². The van der Waals surface area contributed by atoms with E-state index in [-0.39, 0.29) is 5.91 Å². The number of amides is 1. The lowest BCUT2D eigenvalue weighted by Crippen LogP contribution is -2.29. The molecule has 0 spiro atoms. The number of aromatic nitrogens is 2. The molecule has 0 aliphatic carbocycles. The van der Waals surface area contributed by atoms with Gasteiger partial charge in [0, 0.05) is 18.7 Å². The Kier molecular flexibility index (Phi) is 2.76. The average molecular weight is 244 g/mol. The number of nitrogens with two attached hydrogens (primary N) is 1. The summed E-state index contributed by atoms with van der Waals surface area (Å²) in [4.78, 5) is 21.4. The zero-order valence-corrected chi connectivity index (χ0v) is 10.1. The van der Waals surface area contributed by atoms with Gasteiger partial charge in [-0.3, -0.25) is 4.79 Å². The van der Waals surface area contributed by atoms with Gasteiger partial charge in [0.1, 0.15) is 0 Å². The number of rotatable bonds is 2. The topological polar surface area (TPSA) is 75.0 Å². The second-order valence-electron chi connectivity index (χ2n) is 4.78. The minimum absolute atomic E-state index is 0.0856. The normalized spacial score (nSPS) is 19.6. The van der Waals surface area contributed by atoms with Gasteiger partial charge in [-0.2, -0.15) is 0 Å². The lowest BCUT2D eigenvalue weighted by Gasteiger charge is -2.16. The third-order valence-electron chi connectivity index (χ3n) is 3.57. The van der Waals surface area contributed by atoms with E-state index in [1.54, 1.807) is 6.33 Å². The van der Waals surface area contributed by atoms with E-state index < -0.39 is 0 Å². The molecule has 5 nitrogen and oxygen atoms in total. The molecule has 18 heavy (non-hydrogen) atoms. The molecular weight excluding hydrogens is 228 g/mol. The maximum Gasteiger partial charge on any atom is 0.253 e. The number of likely N-dealkylation sites (tertiary alicyclic amines) is 1. The van der Waals surface area contributed by atoms with Gasteiger partial charge in [-0.15, -0.1) is 0 Å². The Morgan fingerprint density at radius 3 is 3.22 bits per heavy atom. The van der Waals surface area contributed by atoms with Gasteiger partial charge in [0.15, 0.2) is 0 Å². The largest absolute Gasteiger partial charge is 0.345 e. The quantitative estimate of drug-likeness (QED) is 0.827. The highest BCUT2D eigenvalue weighted by Crippen LogP contribution is 2.19. The first-order valence-electron chi connectivity index (χ1n) is 6.20. The van der Waals surface area contributed by atoms with Crippen molar-refractivity contribution >= 4 is 16.9 Å². The molecular formula is C13H16N4O. The van der Waals surface area contributed by atoms with Gasteiger partial charge < -0.3 is 15.6 Å². The van der Waals surface area contributed by atoms with Crippen LogP contribution in [0.4, 0.5) is 0 Å². The number of hydrogen-bond acceptors (Lipinski definition) is 3. The highest BCUT2D eigenvalue weighted by atomic mass is 16.2. The Hall–Kier alpha value is -1.88. The first-order chi connectivity index (χ1) is 8.78. The van der Waals surface area contributed by atoms with Crippen LogP contribution in [0.3, 0.4) is 0 Å². The van der Waals surface area contributed by atoms with Crippen LogP contribution in [0.1, 0.15) is 16.8 Å². The summed E-state index contributed by atoms with van der Waals surface area (Å²) >= 11 is 0. The second-order valence-corrected chi connectivity index (χ2v) is 4.78. The monoisotopic (exact) mass is 244 g/mol. The van der Waals surface area contributed by atoms with E-state index in [0.717, 1.165) is 30.5 Å². The lowest BCUT2D eigenvalue weighted by atomic mass is 10.1. The highest BCUT2D eigenvalue weighted by Gasteiger charge is 2.26. The van der Waals surface area contributed by atoms with Crippen molar-refractivity contribution in [3.05, 3.63) is 30.1 Å². The van der Waals surface area contributed by atoms with Crippen LogP contribution in [0.25, 0.3) is 11.0 Å². The molecule has 1 aromatic carbocycles. The van der Waals surface area contributed by atoms with Crippen molar-refractivity contribution in [1.82, 2.24) is 14.9 Å². The molecule has 3 rings (SSSR count). The van der Waals surface area contributed by atoms with Gasteiger partial charge in [-0.05, 0) is 37.1 Å². The molecule has 1 aliphatic rings. The number of benzene rings is 1. The van der Waals surface area contributed by atoms with Crippen LogP contribution in [-0.4, -0.2) is 40.4 Å². The number of carbonyl (C=O) groups is 1. The molecule has 1 unspecified atom stereocenters. The van der Waals surface area contributed by atoms with Crippen LogP contribution in [0, 0.1) is 5.92 Å². The van der Waals surface area contributed by atoms with Crippen molar-refractivity contribution in [2.45, 2.75) is 6.42 Å². The number of nitrogens with zero attached hydrogens (tertiary/aromatic N) is 2. The first kappa shape index (κ1) is 11.2. The maximum atomic E-state index is 12.3. The first-order valence-corrected chi connectivity index (χ1v) is 6.20. The van der Waals surface area contributed by atoms with Crippen molar-refractivity contribution in [2.75, 3.05) is 19.6 Å². The summed E-state index contributed by atoms with van der Waals surface area (Å²) in [6, 6.07) is 5.57. The van der Waals surface area contributed by atoms with Gasteiger partial charge in [0.2, 0.25) is 0 Å². The van der Waals surface area contributed by atoms with Crippen molar-refractivity contribution in [3.63, 3.8) is 0 Å². The van der Waals surface area contributed by atoms with Crippen LogP contribution in [0.2, 0.25) is 0 Å². The molecule has 1 atom stereocenters. The summed E-state index contributed by atoms with van der Waals surface area (Å²) in [5, 5.41) is 0. The molecule has 1 aromatic heterocycles. The molecule has 3 N–H and O–H groups in total. The fourth-order valence-electron chi connectivity index (χ4n) is 2.46. The summed E-state index contributed by atoms with van der Waals surface area (Å²) in [6.07, 6.45) is 2.65. The Morgan fingerprint density at radius 1 is 1.56 bits per heavy atom. The van der Waals surface area contributed by atoms with Gasteiger partial charge >= 0.3 is 0 Å². The van der Waals surface area contributed by atoms with Gasteiger partial charge in [0.05, 0.1) is 17.4 Å². The molecule has 0 saturated carbocycles. The molecule has 1 amide bonds. The number of H-pyrrole nitrogens is 1. The molecule has 94 valence electrons. The van der Waals surface area contributed by atoms with Crippen LogP contribution < -0.4 is 5.73 Å². The Bertz CT molecular complexity index is 577. The number of carbonyl (C=O) groups excluding carboxylic acids is 1. The standard InChI is InChI=1S/C13H16N4O/c14-6-9-3-4-17(7-9)13(18)10-1-2-11-12(5-10)16-8-15-11/h1-2,5,8-9H,3-4,6-7,14H2,(H,15,16). The predicted molar refractivity (Wildman–Crippen MR) is 69.2 cm³/mol. The highest BCUT2D eigenvalue weighted by molar-refractivity contribution is 5.97. The smallest absolute Gasteiger partial charge is 0.253 e. The predicted octanol–water partition coefficient (Wildman–Crippen LogP) is 0.984. The number of hydrogen-bond donors (Lipinski definition) is 2. The zero-order chi connectivity index (χ0) is 12.5. The van der Waals surface area contributed by atoms with Crippen molar-refractivity contribution in [2.24, 2.45) is 11.7 Å². The molecule has 1 saturated heterocycles. The molecule has 2 aromatic rings. The van der Waals surface area contributed by atoms with Crippen molar-refractivity contribution in [3.8, 4) is 0 Å². The third kappa shape index (κ3) is 1.86. The van der Waals surface area contributed by atoms with Crippen LogP contribution in [-0.2, 0) is 0 Å². The van der Waals surface area contributed by atoms with E-state index in [9.17, 15) is 4.79 Å². The van der Waals surface area contributed by atoms with Gasteiger partial charge in [-0.25, -0.2) is 4.98 Å². The summed E-state index contributed by atoms with van der Waals surface area (Å²) in [5.74, 6) is 0.535. The van der Waals surface area contributed by atoms with Gasteiger partial charge in [-0.1, -0.05) is 0 Å². The van der Waals surface area contributed by atoms with Crippen molar-refractivity contribution in [1.29, 1.82) is 0 Å². The maximum absolute atomic E-state index is 12.3. The minimum atomic E-state index is 0.0856. The third-order valence-corrected chi connectivity index (χ3v) is 3.57. The fourth-order valence-corrected chi connectivity index (χ4v) is 2.46. The number of fused-ring (bicyclic) bond motifs is 1. The van der Waals surface area contributed by atoms with Gasteiger partial charge in [0.25, 0.3) is 5.91 Å². The number of aromatic amines is 1. The van der Waals surface area contributed by atoms with Crippen LogP contribution in [0.15, 0.2) is 24.5 Å². The zero-order valence-electron chi connectivity index (χ0n) is 10.1. The van der Waals surface area contributed by atoms with E-state index in [0.29, 0.717) is 18.0 Å². The molecule has 1 fully saturated rings.